The SMILES string of the molecule is COCCSc1ccc(C(C)Nc2snc(Cl)c2C#N)cc1. The molecule has 0 amide bonds. The van der Waals surface area contributed by atoms with Gasteiger partial charge in [0.25, 0.3) is 0 Å². The van der Waals surface area contributed by atoms with Crippen molar-refractivity contribution in [1.29, 1.82) is 5.26 Å². The van der Waals surface area contributed by atoms with E-state index >= 15 is 0 Å². The molecule has 0 aliphatic heterocycles. The molecule has 116 valence electrons. The number of benzene rings is 1. The maximum absolute atomic E-state index is 9.09. The number of halogens is 1. The van der Waals surface area contributed by atoms with E-state index in [-0.39, 0.29) is 11.2 Å². The van der Waals surface area contributed by atoms with Gasteiger partial charge >= 0.3 is 0 Å². The summed E-state index contributed by atoms with van der Waals surface area (Å²) in [6.45, 7) is 2.79. The van der Waals surface area contributed by atoms with E-state index in [1.807, 2.05) is 6.92 Å². The fourth-order valence-corrected chi connectivity index (χ4v) is 3.68. The van der Waals surface area contributed by atoms with Crippen molar-refractivity contribution in [2.24, 2.45) is 0 Å². The van der Waals surface area contributed by atoms with Crippen molar-refractivity contribution >= 4 is 39.9 Å². The lowest BCUT2D eigenvalue weighted by Gasteiger charge is -2.14. The number of hydrogen-bond donors (Lipinski definition) is 1. The summed E-state index contributed by atoms with van der Waals surface area (Å²) in [7, 11) is 1.71. The Labute approximate surface area is 143 Å². The zero-order chi connectivity index (χ0) is 15.9. The Morgan fingerprint density at radius 1 is 1.45 bits per heavy atom. The predicted octanol–water partition coefficient (Wildman–Crippen LogP) is 4.58. The van der Waals surface area contributed by atoms with Crippen LogP contribution in [0.1, 0.15) is 24.1 Å². The molecule has 0 radical (unpaired) electrons. The molecule has 7 heteroatoms. The lowest BCUT2D eigenvalue weighted by molar-refractivity contribution is 0.218. The van der Waals surface area contributed by atoms with Gasteiger partial charge in [-0.15, -0.1) is 11.8 Å². The fraction of sp³-hybridized carbons (Fsp3) is 0.333. The van der Waals surface area contributed by atoms with Crippen molar-refractivity contribution in [3.8, 4) is 6.07 Å². The van der Waals surface area contributed by atoms with E-state index in [0.717, 1.165) is 17.9 Å². The molecule has 1 unspecified atom stereocenters. The first-order valence-corrected chi connectivity index (χ1v) is 8.83. The molecule has 0 aliphatic rings. The lowest BCUT2D eigenvalue weighted by Crippen LogP contribution is -2.06. The predicted molar refractivity (Wildman–Crippen MR) is 92.9 cm³/mol. The van der Waals surface area contributed by atoms with Gasteiger partial charge < -0.3 is 10.1 Å². The van der Waals surface area contributed by atoms with Crippen LogP contribution >= 0.6 is 34.9 Å². The van der Waals surface area contributed by atoms with Crippen molar-refractivity contribution in [2.45, 2.75) is 17.9 Å². The van der Waals surface area contributed by atoms with Crippen LogP contribution in [-0.2, 0) is 4.74 Å². The maximum Gasteiger partial charge on any atom is 0.162 e. The summed E-state index contributed by atoms with van der Waals surface area (Å²) in [6.07, 6.45) is 0. The summed E-state index contributed by atoms with van der Waals surface area (Å²) < 4.78 is 9.04. The number of ether oxygens (including phenoxy) is 1. The molecule has 0 spiro atoms. The second kappa shape index (κ2) is 8.39. The van der Waals surface area contributed by atoms with E-state index in [9.17, 15) is 0 Å². The van der Waals surface area contributed by atoms with Gasteiger partial charge in [-0.2, -0.15) is 9.64 Å². The topological polar surface area (TPSA) is 57.9 Å². The van der Waals surface area contributed by atoms with E-state index in [1.54, 1.807) is 18.9 Å². The first kappa shape index (κ1) is 17.1. The molecule has 2 rings (SSSR count). The molecule has 1 aromatic heterocycles. The zero-order valence-electron chi connectivity index (χ0n) is 12.3. The average Bonchev–Trinajstić information content (AvgIpc) is 2.88. The molecular weight excluding hydrogens is 338 g/mol. The molecule has 1 N–H and O–H groups in total. The summed E-state index contributed by atoms with van der Waals surface area (Å²) >= 11 is 8.85. The highest BCUT2D eigenvalue weighted by Gasteiger charge is 2.14. The van der Waals surface area contributed by atoms with E-state index in [0.29, 0.717) is 10.6 Å². The van der Waals surface area contributed by atoms with Crippen LogP contribution in [0.25, 0.3) is 0 Å². The maximum atomic E-state index is 9.09. The van der Waals surface area contributed by atoms with Crippen LogP contribution in [0, 0.1) is 11.3 Å². The van der Waals surface area contributed by atoms with Gasteiger partial charge in [-0.3, -0.25) is 0 Å². The molecule has 4 nitrogen and oxygen atoms in total. The van der Waals surface area contributed by atoms with Gasteiger partial charge in [-0.25, -0.2) is 0 Å². The van der Waals surface area contributed by atoms with Gasteiger partial charge in [0.1, 0.15) is 16.6 Å². The van der Waals surface area contributed by atoms with E-state index in [4.69, 9.17) is 21.6 Å². The Hall–Kier alpha value is -1.26. The standard InChI is InChI=1S/C15H16ClN3OS2/c1-10(18-15-13(9-17)14(16)19-22-15)11-3-5-12(6-4-11)21-8-7-20-2/h3-6,10,18H,7-8H2,1-2H3. The molecule has 22 heavy (non-hydrogen) atoms. The van der Waals surface area contributed by atoms with Crippen LogP contribution < -0.4 is 5.32 Å². The molecule has 0 saturated heterocycles. The monoisotopic (exact) mass is 353 g/mol. The van der Waals surface area contributed by atoms with Gasteiger partial charge in [0.2, 0.25) is 0 Å². The first-order valence-electron chi connectivity index (χ1n) is 6.69. The molecule has 2 aromatic rings. The highest BCUT2D eigenvalue weighted by molar-refractivity contribution is 7.99. The Kier molecular flexibility index (Phi) is 6.52. The Bertz CT molecular complexity index is 652. The van der Waals surface area contributed by atoms with Gasteiger partial charge in [0, 0.05) is 23.8 Å². The van der Waals surface area contributed by atoms with E-state index < -0.39 is 0 Å². The normalized spacial score (nSPS) is 11.9. The number of hydrogen-bond acceptors (Lipinski definition) is 6. The fourth-order valence-electron chi connectivity index (χ4n) is 1.84. The highest BCUT2D eigenvalue weighted by Crippen LogP contribution is 2.31. The summed E-state index contributed by atoms with van der Waals surface area (Å²) in [4.78, 5) is 1.21. The van der Waals surface area contributed by atoms with Crippen LogP contribution in [0.15, 0.2) is 29.2 Å². The summed E-state index contributed by atoms with van der Waals surface area (Å²) in [6, 6.07) is 10.5. The van der Waals surface area contributed by atoms with Gasteiger partial charge in [0.05, 0.1) is 6.61 Å². The molecule has 0 bridgehead atoms. The molecule has 0 fully saturated rings. The minimum Gasteiger partial charge on any atom is -0.384 e. The zero-order valence-corrected chi connectivity index (χ0v) is 14.7. The molecular formula is C15H16ClN3OS2. The van der Waals surface area contributed by atoms with Crippen molar-refractivity contribution in [2.75, 3.05) is 24.8 Å². The third-order valence-electron chi connectivity index (χ3n) is 3.05. The number of aromatic nitrogens is 1. The largest absolute Gasteiger partial charge is 0.384 e. The van der Waals surface area contributed by atoms with Gasteiger partial charge in [0.15, 0.2) is 5.15 Å². The lowest BCUT2D eigenvalue weighted by atomic mass is 10.1. The molecule has 0 saturated carbocycles. The summed E-state index contributed by atoms with van der Waals surface area (Å²) in [5.74, 6) is 0.939. The van der Waals surface area contributed by atoms with Crippen LogP contribution in [0.3, 0.4) is 0 Å². The van der Waals surface area contributed by atoms with E-state index in [1.165, 1.54) is 16.4 Å². The number of anilines is 1. The summed E-state index contributed by atoms with van der Waals surface area (Å²) in [5.41, 5.74) is 1.55. The van der Waals surface area contributed by atoms with Crippen LogP contribution in [0.4, 0.5) is 5.00 Å². The summed E-state index contributed by atoms with van der Waals surface area (Å²) in [5, 5.41) is 13.3. The minimum absolute atomic E-state index is 0.0710. The van der Waals surface area contributed by atoms with Crippen molar-refractivity contribution in [3.05, 3.63) is 40.5 Å². The Balaban J connectivity index is 2.00. The number of methoxy groups -OCH3 is 1. The second-order valence-electron chi connectivity index (χ2n) is 4.57. The van der Waals surface area contributed by atoms with Gasteiger partial charge in [-0.05, 0) is 36.2 Å². The quantitative estimate of drug-likeness (QED) is 0.583. The third-order valence-corrected chi connectivity index (χ3v) is 5.17. The Morgan fingerprint density at radius 3 is 2.82 bits per heavy atom. The molecule has 1 atom stereocenters. The number of nitrogens with one attached hydrogen (secondary N) is 1. The number of rotatable bonds is 7. The minimum atomic E-state index is 0.0710. The average molecular weight is 354 g/mol. The number of nitriles is 1. The number of thioether (sulfide) groups is 1. The molecule has 0 aliphatic carbocycles. The van der Waals surface area contributed by atoms with Gasteiger partial charge in [-0.1, -0.05) is 23.7 Å². The smallest absolute Gasteiger partial charge is 0.162 e. The second-order valence-corrected chi connectivity index (χ2v) is 6.87. The molecule has 1 heterocycles. The highest BCUT2D eigenvalue weighted by atomic mass is 35.5. The Morgan fingerprint density at radius 2 is 2.18 bits per heavy atom. The van der Waals surface area contributed by atoms with Crippen LogP contribution in [-0.4, -0.2) is 23.8 Å². The first-order chi connectivity index (χ1) is 10.7. The number of nitrogens with zero attached hydrogens (tertiary/aromatic N) is 2. The van der Waals surface area contributed by atoms with Crippen LogP contribution in [0.2, 0.25) is 5.15 Å². The van der Waals surface area contributed by atoms with Crippen molar-refractivity contribution in [3.63, 3.8) is 0 Å². The molecule has 1 aromatic carbocycles. The van der Waals surface area contributed by atoms with Crippen molar-refractivity contribution in [1.82, 2.24) is 4.37 Å². The van der Waals surface area contributed by atoms with E-state index in [2.05, 4.69) is 40.0 Å². The van der Waals surface area contributed by atoms with Crippen LogP contribution in [0.5, 0.6) is 0 Å². The third kappa shape index (κ3) is 4.37. The van der Waals surface area contributed by atoms with Crippen molar-refractivity contribution < 1.29 is 4.74 Å².